The van der Waals surface area contributed by atoms with Gasteiger partial charge in [-0.05, 0) is 50.0 Å². The fourth-order valence-corrected chi connectivity index (χ4v) is 2.86. The molecule has 1 saturated carbocycles. The van der Waals surface area contributed by atoms with Gasteiger partial charge in [0.25, 0.3) is 0 Å². The molecule has 0 aromatic heterocycles. The molecule has 16 heavy (non-hydrogen) atoms. The molecule has 1 fully saturated rings. The van der Waals surface area contributed by atoms with Crippen LogP contribution in [0.25, 0.3) is 0 Å². The Balaban J connectivity index is 2.47. The van der Waals surface area contributed by atoms with Crippen LogP contribution in [0.15, 0.2) is 0 Å². The largest absolute Gasteiger partial charge is 0.314 e. The maximum absolute atomic E-state index is 8.97. The van der Waals surface area contributed by atoms with E-state index in [9.17, 15) is 0 Å². The molecule has 0 aromatic carbocycles. The molecule has 1 N–H and O–H groups in total. The zero-order valence-electron chi connectivity index (χ0n) is 11.1. The van der Waals surface area contributed by atoms with Gasteiger partial charge in [0, 0.05) is 12.5 Å². The van der Waals surface area contributed by atoms with E-state index >= 15 is 0 Å². The van der Waals surface area contributed by atoms with Gasteiger partial charge in [-0.25, -0.2) is 0 Å². The van der Waals surface area contributed by atoms with E-state index in [-0.39, 0.29) is 0 Å². The number of nitriles is 1. The van der Waals surface area contributed by atoms with E-state index in [1.54, 1.807) is 0 Å². The number of nitrogens with zero attached hydrogens (tertiary/aromatic N) is 1. The molecular weight excluding hydrogens is 196 g/mol. The Bertz CT molecular complexity index is 232. The van der Waals surface area contributed by atoms with Crippen LogP contribution in [-0.4, -0.2) is 12.6 Å². The predicted molar refractivity (Wildman–Crippen MR) is 68.1 cm³/mol. The first-order chi connectivity index (χ1) is 7.64. The summed E-state index contributed by atoms with van der Waals surface area (Å²) in [6.45, 7) is 7.90. The quantitative estimate of drug-likeness (QED) is 0.773. The summed E-state index contributed by atoms with van der Waals surface area (Å²) in [7, 11) is 0. The monoisotopic (exact) mass is 222 g/mol. The summed E-state index contributed by atoms with van der Waals surface area (Å²) >= 11 is 0. The lowest BCUT2D eigenvalue weighted by molar-refractivity contribution is 0.106. The molecule has 0 unspecified atom stereocenters. The second kappa shape index (κ2) is 6.25. The van der Waals surface area contributed by atoms with Crippen molar-refractivity contribution in [1.82, 2.24) is 5.32 Å². The fourth-order valence-electron chi connectivity index (χ4n) is 2.86. The van der Waals surface area contributed by atoms with E-state index in [0.717, 1.165) is 13.0 Å². The van der Waals surface area contributed by atoms with Crippen molar-refractivity contribution in [2.75, 3.05) is 6.54 Å². The molecule has 0 amide bonds. The van der Waals surface area contributed by atoms with E-state index < -0.39 is 0 Å². The van der Waals surface area contributed by atoms with Crippen LogP contribution in [0.1, 0.15) is 59.3 Å². The first-order valence-electron chi connectivity index (χ1n) is 6.75. The number of nitrogens with one attached hydrogen (secondary N) is 1. The van der Waals surface area contributed by atoms with E-state index in [1.165, 1.54) is 32.1 Å². The van der Waals surface area contributed by atoms with E-state index in [0.29, 0.717) is 17.4 Å². The van der Waals surface area contributed by atoms with Crippen molar-refractivity contribution < 1.29 is 0 Å². The Morgan fingerprint density at radius 3 is 2.44 bits per heavy atom. The van der Waals surface area contributed by atoms with E-state index in [1.807, 2.05) is 0 Å². The van der Waals surface area contributed by atoms with Gasteiger partial charge >= 0.3 is 0 Å². The van der Waals surface area contributed by atoms with Crippen LogP contribution in [0.5, 0.6) is 0 Å². The van der Waals surface area contributed by atoms with Crippen molar-refractivity contribution in [2.45, 2.75) is 65.3 Å². The summed E-state index contributed by atoms with van der Waals surface area (Å²) in [5.41, 5.74) is 0.305. The molecule has 2 nitrogen and oxygen atoms in total. The van der Waals surface area contributed by atoms with Gasteiger partial charge in [-0.1, -0.05) is 20.8 Å². The Labute approximate surface area is 100 Å². The average Bonchev–Trinajstić information content (AvgIpc) is 2.28. The molecule has 1 aliphatic rings. The molecule has 0 aromatic rings. The molecule has 0 radical (unpaired) electrons. The zero-order valence-corrected chi connectivity index (χ0v) is 11.1. The second-order valence-electron chi connectivity index (χ2n) is 5.58. The average molecular weight is 222 g/mol. The number of hydrogen-bond donors (Lipinski definition) is 1. The first-order valence-corrected chi connectivity index (χ1v) is 6.75. The van der Waals surface area contributed by atoms with Gasteiger partial charge in [-0.2, -0.15) is 5.26 Å². The molecule has 0 aliphatic heterocycles. The molecule has 0 saturated heterocycles. The van der Waals surface area contributed by atoms with E-state index in [2.05, 4.69) is 32.2 Å². The SMILES string of the molecule is CCCN[C@H]1CC[C@](CC#N)(C(C)C)CC1. The van der Waals surface area contributed by atoms with Crippen LogP contribution in [0.4, 0.5) is 0 Å². The maximum atomic E-state index is 8.97. The van der Waals surface area contributed by atoms with Crippen molar-refractivity contribution >= 4 is 0 Å². The summed E-state index contributed by atoms with van der Waals surface area (Å²) in [6.07, 6.45) is 6.90. The third-order valence-corrected chi connectivity index (χ3v) is 4.32. The van der Waals surface area contributed by atoms with Gasteiger partial charge in [0.1, 0.15) is 0 Å². The fraction of sp³-hybridized carbons (Fsp3) is 0.929. The predicted octanol–water partition coefficient (Wildman–Crippen LogP) is 3.48. The minimum Gasteiger partial charge on any atom is -0.314 e. The summed E-state index contributed by atoms with van der Waals surface area (Å²) in [5, 5.41) is 12.6. The highest BCUT2D eigenvalue weighted by atomic mass is 14.9. The van der Waals surface area contributed by atoms with Crippen LogP contribution >= 0.6 is 0 Å². The Morgan fingerprint density at radius 1 is 1.38 bits per heavy atom. The Morgan fingerprint density at radius 2 is 2.00 bits per heavy atom. The molecule has 0 atom stereocenters. The highest BCUT2D eigenvalue weighted by Gasteiger charge is 2.37. The summed E-state index contributed by atoms with van der Waals surface area (Å²) < 4.78 is 0. The first kappa shape index (κ1) is 13.5. The van der Waals surface area contributed by atoms with Crippen molar-refractivity contribution in [3.63, 3.8) is 0 Å². The molecule has 1 aliphatic carbocycles. The highest BCUT2D eigenvalue weighted by molar-refractivity contribution is 4.95. The molecule has 1 rings (SSSR count). The molecule has 0 heterocycles. The minimum atomic E-state index is 0.305. The topological polar surface area (TPSA) is 35.8 Å². The normalized spacial score (nSPS) is 30.3. The van der Waals surface area contributed by atoms with Crippen LogP contribution in [0.3, 0.4) is 0 Å². The summed E-state index contributed by atoms with van der Waals surface area (Å²) in [5.74, 6) is 0.638. The smallest absolute Gasteiger partial charge is 0.0627 e. The lowest BCUT2D eigenvalue weighted by atomic mass is 9.64. The Kier molecular flexibility index (Phi) is 5.28. The van der Waals surface area contributed by atoms with Crippen LogP contribution < -0.4 is 5.32 Å². The molecule has 92 valence electrons. The van der Waals surface area contributed by atoms with Crippen molar-refractivity contribution in [3.8, 4) is 6.07 Å². The minimum absolute atomic E-state index is 0.305. The van der Waals surface area contributed by atoms with Crippen molar-refractivity contribution in [2.24, 2.45) is 11.3 Å². The van der Waals surface area contributed by atoms with Gasteiger partial charge in [-0.15, -0.1) is 0 Å². The molecular formula is C14H26N2. The van der Waals surface area contributed by atoms with Gasteiger partial charge in [0.15, 0.2) is 0 Å². The van der Waals surface area contributed by atoms with Gasteiger partial charge in [0.05, 0.1) is 6.07 Å². The van der Waals surface area contributed by atoms with Gasteiger partial charge in [-0.3, -0.25) is 0 Å². The highest BCUT2D eigenvalue weighted by Crippen LogP contribution is 2.44. The second-order valence-corrected chi connectivity index (χ2v) is 5.58. The molecule has 2 heteroatoms. The molecule has 0 bridgehead atoms. The summed E-state index contributed by atoms with van der Waals surface area (Å²) in [4.78, 5) is 0. The lowest BCUT2D eigenvalue weighted by Crippen LogP contribution is -2.40. The van der Waals surface area contributed by atoms with E-state index in [4.69, 9.17) is 5.26 Å². The van der Waals surface area contributed by atoms with Gasteiger partial charge < -0.3 is 5.32 Å². The molecule has 0 spiro atoms. The number of rotatable bonds is 5. The van der Waals surface area contributed by atoms with Crippen LogP contribution in [0.2, 0.25) is 0 Å². The summed E-state index contributed by atoms with van der Waals surface area (Å²) in [6, 6.07) is 3.10. The van der Waals surface area contributed by atoms with Crippen molar-refractivity contribution in [1.29, 1.82) is 5.26 Å². The maximum Gasteiger partial charge on any atom is 0.0627 e. The van der Waals surface area contributed by atoms with Gasteiger partial charge in [0.2, 0.25) is 0 Å². The Hall–Kier alpha value is -0.550. The zero-order chi connectivity index (χ0) is 12.0. The number of hydrogen-bond acceptors (Lipinski definition) is 2. The van der Waals surface area contributed by atoms with Crippen LogP contribution in [-0.2, 0) is 0 Å². The third kappa shape index (κ3) is 3.22. The third-order valence-electron chi connectivity index (χ3n) is 4.32. The van der Waals surface area contributed by atoms with Crippen LogP contribution in [0, 0.1) is 22.7 Å². The lowest BCUT2D eigenvalue weighted by Gasteiger charge is -2.42. The standard InChI is InChI=1S/C14H26N2/c1-4-11-16-13-5-7-14(8-6-13,9-10-15)12(2)3/h12-13,16H,4-9,11H2,1-3H3/t13-,14-. The van der Waals surface area contributed by atoms with Crippen molar-refractivity contribution in [3.05, 3.63) is 0 Å².